The molecule has 0 saturated heterocycles. The van der Waals surface area contributed by atoms with Gasteiger partial charge >= 0.3 is 6.18 Å². The molecule has 1 amide bonds. The number of nitrogens with one attached hydrogen (secondary N) is 1. The normalized spacial score (nSPS) is 11.6. The van der Waals surface area contributed by atoms with Crippen molar-refractivity contribution in [1.29, 1.82) is 0 Å². The lowest BCUT2D eigenvalue weighted by Gasteiger charge is -2.15. The summed E-state index contributed by atoms with van der Waals surface area (Å²) < 4.78 is 57.5. The van der Waals surface area contributed by atoms with E-state index < -0.39 is 34.6 Å². The molecule has 2 aromatic heterocycles. The summed E-state index contributed by atoms with van der Waals surface area (Å²) in [5, 5.41) is 7.72. The molecule has 0 atom stereocenters. The lowest BCUT2D eigenvalue weighted by atomic mass is 10.0. The number of carbonyl (C=O) groups is 1. The molecule has 0 unspecified atom stereocenters. The molecule has 186 valence electrons. The molecule has 0 aliphatic heterocycles. The Morgan fingerprint density at radius 1 is 0.973 bits per heavy atom. The maximum atomic E-state index is 15.0. The molecule has 37 heavy (non-hydrogen) atoms. The van der Waals surface area contributed by atoms with Crippen LogP contribution < -0.4 is 11.1 Å². The first-order valence-corrected chi connectivity index (χ1v) is 11.0. The second kappa shape index (κ2) is 9.43. The average Bonchev–Trinajstić information content (AvgIpc) is 3.26. The van der Waals surface area contributed by atoms with Crippen LogP contribution in [0.5, 0.6) is 0 Å². The SMILES string of the molecule is NCc1ccc2c(NC(=O)c3cc(-c4ncccn4)c(C(F)(F)F)cc3F)n(-c3ccccc3)nc2c1. The minimum absolute atomic E-state index is 0.214. The summed E-state index contributed by atoms with van der Waals surface area (Å²) >= 11 is 0. The summed E-state index contributed by atoms with van der Waals surface area (Å²) in [5.74, 6) is -2.39. The van der Waals surface area contributed by atoms with E-state index in [1.807, 2.05) is 6.07 Å². The molecule has 0 spiro atoms. The molecule has 0 radical (unpaired) electrons. The van der Waals surface area contributed by atoms with Crippen molar-refractivity contribution in [2.75, 3.05) is 5.32 Å². The Balaban J connectivity index is 1.63. The number of hydrogen-bond acceptors (Lipinski definition) is 5. The van der Waals surface area contributed by atoms with Gasteiger partial charge in [-0.1, -0.05) is 24.3 Å². The minimum Gasteiger partial charge on any atom is -0.326 e. The molecule has 5 aromatic rings. The first-order valence-electron chi connectivity index (χ1n) is 11.0. The number of rotatable bonds is 5. The maximum Gasteiger partial charge on any atom is 0.417 e. The number of amides is 1. The van der Waals surface area contributed by atoms with E-state index in [2.05, 4.69) is 20.4 Å². The van der Waals surface area contributed by atoms with Gasteiger partial charge in [-0.25, -0.2) is 19.0 Å². The van der Waals surface area contributed by atoms with Gasteiger partial charge in [0.25, 0.3) is 5.91 Å². The molecular formula is C26H18F4N6O. The van der Waals surface area contributed by atoms with E-state index in [9.17, 15) is 22.4 Å². The van der Waals surface area contributed by atoms with Crippen molar-refractivity contribution in [3.05, 3.63) is 102 Å². The van der Waals surface area contributed by atoms with E-state index in [0.29, 0.717) is 16.6 Å². The topological polar surface area (TPSA) is 98.7 Å². The van der Waals surface area contributed by atoms with Gasteiger partial charge in [-0.3, -0.25) is 4.79 Å². The van der Waals surface area contributed by atoms with Gasteiger partial charge in [0.15, 0.2) is 5.82 Å². The second-order valence-electron chi connectivity index (χ2n) is 8.05. The summed E-state index contributed by atoms with van der Waals surface area (Å²) in [6.45, 7) is 0.275. The average molecular weight is 506 g/mol. The molecule has 0 saturated carbocycles. The third-order valence-electron chi connectivity index (χ3n) is 5.67. The van der Waals surface area contributed by atoms with Gasteiger partial charge < -0.3 is 11.1 Å². The summed E-state index contributed by atoms with van der Waals surface area (Å²) in [6.07, 6.45) is -2.38. The lowest BCUT2D eigenvalue weighted by molar-refractivity contribution is -0.137. The minimum atomic E-state index is -4.90. The third-order valence-corrected chi connectivity index (χ3v) is 5.67. The zero-order valence-corrected chi connectivity index (χ0v) is 19.0. The van der Waals surface area contributed by atoms with Crippen LogP contribution in [-0.4, -0.2) is 25.7 Å². The quantitative estimate of drug-likeness (QED) is 0.313. The van der Waals surface area contributed by atoms with Crippen LogP contribution in [-0.2, 0) is 12.7 Å². The van der Waals surface area contributed by atoms with Crippen molar-refractivity contribution in [3.8, 4) is 17.1 Å². The number of carbonyl (C=O) groups excluding carboxylic acids is 1. The molecule has 3 aromatic carbocycles. The first-order chi connectivity index (χ1) is 17.8. The van der Waals surface area contributed by atoms with Crippen LogP contribution >= 0.6 is 0 Å². The number of hydrogen-bond donors (Lipinski definition) is 2. The Bertz CT molecular complexity index is 1600. The number of nitrogens with zero attached hydrogens (tertiary/aromatic N) is 4. The van der Waals surface area contributed by atoms with Crippen molar-refractivity contribution in [3.63, 3.8) is 0 Å². The highest BCUT2D eigenvalue weighted by Gasteiger charge is 2.36. The molecule has 7 nitrogen and oxygen atoms in total. The first kappa shape index (κ1) is 24.1. The molecule has 0 fully saturated rings. The fourth-order valence-electron chi connectivity index (χ4n) is 3.92. The number of benzene rings is 3. The van der Waals surface area contributed by atoms with Crippen LogP contribution in [0.4, 0.5) is 23.4 Å². The van der Waals surface area contributed by atoms with E-state index in [4.69, 9.17) is 5.73 Å². The molecule has 0 aliphatic rings. The Morgan fingerprint density at radius 2 is 1.70 bits per heavy atom. The van der Waals surface area contributed by atoms with Crippen LogP contribution in [0.15, 0.2) is 79.1 Å². The molecule has 3 N–H and O–H groups in total. The number of para-hydroxylation sites is 1. The zero-order chi connectivity index (χ0) is 26.2. The third kappa shape index (κ3) is 4.64. The summed E-state index contributed by atoms with van der Waals surface area (Å²) in [5.41, 5.74) is 5.26. The number of alkyl halides is 3. The number of aromatic nitrogens is 4. The van der Waals surface area contributed by atoms with Gasteiger partial charge in [0.05, 0.1) is 22.3 Å². The van der Waals surface area contributed by atoms with Crippen LogP contribution in [0, 0.1) is 5.82 Å². The molecule has 2 heterocycles. The predicted molar refractivity (Wildman–Crippen MR) is 129 cm³/mol. The van der Waals surface area contributed by atoms with Gasteiger partial charge in [0, 0.05) is 29.9 Å². The highest BCUT2D eigenvalue weighted by Crippen LogP contribution is 2.38. The molecule has 0 aliphatic carbocycles. The van der Waals surface area contributed by atoms with Crippen molar-refractivity contribution in [2.24, 2.45) is 5.73 Å². The lowest BCUT2D eigenvalue weighted by Crippen LogP contribution is -2.18. The summed E-state index contributed by atoms with van der Waals surface area (Å²) in [4.78, 5) is 21.0. The number of halogens is 4. The molecule has 0 bridgehead atoms. The number of nitrogens with two attached hydrogens (primary N) is 1. The van der Waals surface area contributed by atoms with E-state index in [-0.39, 0.29) is 24.3 Å². The largest absolute Gasteiger partial charge is 0.417 e. The number of fused-ring (bicyclic) bond motifs is 1. The molecule has 11 heteroatoms. The van der Waals surface area contributed by atoms with E-state index >= 15 is 0 Å². The van der Waals surface area contributed by atoms with Gasteiger partial charge in [0.1, 0.15) is 11.6 Å². The van der Waals surface area contributed by atoms with Crippen LogP contribution in [0.3, 0.4) is 0 Å². The highest BCUT2D eigenvalue weighted by molar-refractivity contribution is 6.09. The summed E-state index contributed by atoms with van der Waals surface area (Å²) in [6, 6.07) is 16.6. The Labute approximate surface area is 207 Å². The highest BCUT2D eigenvalue weighted by atomic mass is 19.4. The summed E-state index contributed by atoms with van der Waals surface area (Å²) in [7, 11) is 0. The predicted octanol–water partition coefficient (Wildman–Crippen LogP) is 5.35. The van der Waals surface area contributed by atoms with Gasteiger partial charge in [-0.05, 0) is 48.0 Å². The molecular weight excluding hydrogens is 488 g/mol. The standard InChI is InChI=1S/C26H18F4N6O/c27-21-13-20(26(28,29)30)18(23-32-9-4-10-33-23)12-19(21)25(37)34-24-17-8-7-15(14-31)11-22(17)35-36(24)16-5-2-1-3-6-16/h1-13H,14,31H2,(H,34,37). The van der Waals surface area contributed by atoms with Gasteiger partial charge in [-0.2, -0.15) is 18.3 Å². The van der Waals surface area contributed by atoms with Crippen LogP contribution in [0.25, 0.3) is 28.0 Å². The van der Waals surface area contributed by atoms with E-state index in [0.717, 1.165) is 11.6 Å². The van der Waals surface area contributed by atoms with Crippen molar-refractivity contribution in [1.82, 2.24) is 19.7 Å². The number of anilines is 1. The fourth-order valence-corrected chi connectivity index (χ4v) is 3.92. The van der Waals surface area contributed by atoms with E-state index in [1.165, 1.54) is 23.1 Å². The van der Waals surface area contributed by atoms with Crippen molar-refractivity contribution in [2.45, 2.75) is 12.7 Å². The van der Waals surface area contributed by atoms with Crippen molar-refractivity contribution < 1.29 is 22.4 Å². The monoisotopic (exact) mass is 506 g/mol. The van der Waals surface area contributed by atoms with Gasteiger partial charge in [-0.15, -0.1) is 0 Å². The fraction of sp³-hybridized carbons (Fsp3) is 0.0769. The Kier molecular flexibility index (Phi) is 6.14. The Hall–Kier alpha value is -4.64. The zero-order valence-electron chi connectivity index (χ0n) is 19.0. The Morgan fingerprint density at radius 3 is 2.38 bits per heavy atom. The maximum absolute atomic E-state index is 15.0. The smallest absolute Gasteiger partial charge is 0.326 e. The van der Waals surface area contributed by atoms with Crippen LogP contribution in [0.1, 0.15) is 21.5 Å². The second-order valence-corrected chi connectivity index (χ2v) is 8.05. The van der Waals surface area contributed by atoms with Crippen LogP contribution in [0.2, 0.25) is 0 Å². The van der Waals surface area contributed by atoms with E-state index in [1.54, 1.807) is 42.5 Å². The molecule has 5 rings (SSSR count). The van der Waals surface area contributed by atoms with Gasteiger partial charge in [0.2, 0.25) is 0 Å². The van der Waals surface area contributed by atoms with Crippen molar-refractivity contribution >= 4 is 22.6 Å².